The summed E-state index contributed by atoms with van der Waals surface area (Å²) in [5.41, 5.74) is 7.05. The Hall–Kier alpha value is -2.52. The van der Waals surface area contributed by atoms with Crippen LogP contribution in [0.4, 0.5) is 0 Å². The second-order valence-electron chi connectivity index (χ2n) is 10.1. The van der Waals surface area contributed by atoms with Gasteiger partial charge in [-0.25, -0.2) is 0 Å². The maximum Gasteiger partial charge on any atom is 0.253 e. The van der Waals surface area contributed by atoms with E-state index in [0.29, 0.717) is 31.0 Å². The van der Waals surface area contributed by atoms with Crippen LogP contribution >= 0.6 is 22.6 Å². The van der Waals surface area contributed by atoms with Crippen molar-refractivity contribution in [3.63, 3.8) is 0 Å². The molecule has 0 aliphatic carbocycles. The number of hydrogen-bond donors (Lipinski definition) is 3. The van der Waals surface area contributed by atoms with Gasteiger partial charge in [0.1, 0.15) is 6.04 Å². The highest BCUT2D eigenvalue weighted by molar-refractivity contribution is 14.1. The van der Waals surface area contributed by atoms with E-state index in [4.69, 9.17) is 5.73 Å². The van der Waals surface area contributed by atoms with Crippen LogP contribution in [0.5, 0.6) is 0 Å². The van der Waals surface area contributed by atoms with E-state index in [9.17, 15) is 9.59 Å². The lowest BCUT2D eigenvalue weighted by Gasteiger charge is -2.29. The number of benzene rings is 2. The molecule has 35 heavy (non-hydrogen) atoms. The number of halogens is 1. The maximum absolute atomic E-state index is 13.3. The van der Waals surface area contributed by atoms with Gasteiger partial charge in [-0.2, -0.15) is 0 Å². The van der Waals surface area contributed by atoms with Gasteiger partial charge in [0.05, 0.1) is 5.56 Å². The number of aromatic nitrogens is 1. The third-order valence-corrected chi connectivity index (χ3v) is 6.73. The average molecular weight is 591 g/mol. The molecule has 3 rings (SSSR count). The Kier molecular flexibility index (Phi) is 9.63. The molecule has 186 valence electrons. The summed E-state index contributed by atoms with van der Waals surface area (Å²) in [6, 6.07) is 15.3. The maximum atomic E-state index is 13.3. The van der Waals surface area contributed by atoms with Crippen LogP contribution in [0.3, 0.4) is 0 Å². The molecule has 0 saturated heterocycles. The Morgan fingerprint density at radius 1 is 1.09 bits per heavy atom. The number of hydrogen-bond acceptors (Lipinski definition) is 4. The van der Waals surface area contributed by atoms with Crippen LogP contribution in [0.1, 0.15) is 49.5 Å². The molecule has 2 aromatic carbocycles. The SMILES string of the molecule is CC(CCN)CC(C)(C)CNC(=O)C(Cc1ccc2ccccc2c1)NC(=O)c1cncc([131I])c1. The summed E-state index contributed by atoms with van der Waals surface area (Å²) < 4.78 is 0.860. The van der Waals surface area contributed by atoms with Crippen molar-refractivity contribution in [1.29, 1.82) is 0 Å². The number of nitrogens with zero attached hydrogens (tertiary/aromatic N) is 1. The number of rotatable bonds is 11. The van der Waals surface area contributed by atoms with Crippen LogP contribution in [0.25, 0.3) is 10.8 Å². The van der Waals surface area contributed by atoms with Gasteiger partial charge in [-0.3, -0.25) is 14.6 Å². The molecule has 7 heteroatoms. The minimum Gasteiger partial charge on any atom is -0.354 e. The van der Waals surface area contributed by atoms with Gasteiger partial charge in [0.25, 0.3) is 5.91 Å². The Balaban J connectivity index is 1.76. The van der Waals surface area contributed by atoms with Crippen LogP contribution in [-0.2, 0) is 11.2 Å². The zero-order valence-corrected chi connectivity index (χ0v) is 22.8. The molecule has 1 heterocycles. The van der Waals surface area contributed by atoms with Crippen LogP contribution in [-0.4, -0.2) is 35.9 Å². The first-order valence-corrected chi connectivity index (χ1v) is 13.1. The molecular weight excluding hydrogens is 555 g/mol. The van der Waals surface area contributed by atoms with E-state index in [1.165, 1.54) is 6.20 Å². The summed E-state index contributed by atoms with van der Waals surface area (Å²) in [5.74, 6) is -0.0227. The lowest BCUT2D eigenvalue weighted by atomic mass is 9.82. The van der Waals surface area contributed by atoms with Gasteiger partial charge in [-0.1, -0.05) is 63.2 Å². The minimum absolute atomic E-state index is 0.0821. The van der Waals surface area contributed by atoms with E-state index in [1.54, 1.807) is 12.3 Å². The van der Waals surface area contributed by atoms with Gasteiger partial charge in [-0.05, 0) is 75.7 Å². The topological polar surface area (TPSA) is 97.1 Å². The predicted octanol–water partition coefficient (Wildman–Crippen LogP) is 4.70. The summed E-state index contributed by atoms with van der Waals surface area (Å²) in [7, 11) is 0. The number of carbonyl (C=O) groups is 2. The molecule has 0 spiro atoms. The Morgan fingerprint density at radius 2 is 1.83 bits per heavy atom. The highest BCUT2D eigenvalue weighted by Crippen LogP contribution is 2.26. The first-order chi connectivity index (χ1) is 16.7. The van der Waals surface area contributed by atoms with Gasteiger partial charge < -0.3 is 16.4 Å². The van der Waals surface area contributed by atoms with Crippen molar-refractivity contribution in [3.05, 3.63) is 75.6 Å². The fourth-order valence-corrected chi connectivity index (χ4v) is 4.94. The van der Waals surface area contributed by atoms with E-state index >= 15 is 0 Å². The summed E-state index contributed by atoms with van der Waals surface area (Å²) >= 11 is 2.12. The normalized spacial score (nSPS) is 13.3. The number of carbonyl (C=O) groups excluding carboxylic acids is 2. The Labute approximate surface area is 221 Å². The average Bonchev–Trinajstić information content (AvgIpc) is 2.82. The Morgan fingerprint density at radius 3 is 2.54 bits per heavy atom. The molecule has 2 atom stereocenters. The quantitative estimate of drug-likeness (QED) is 0.282. The number of amides is 2. The van der Waals surface area contributed by atoms with E-state index in [0.717, 1.165) is 32.7 Å². The molecule has 2 unspecified atom stereocenters. The molecule has 6 nitrogen and oxygen atoms in total. The number of fused-ring (bicyclic) bond motifs is 1. The van der Waals surface area contributed by atoms with Crippen molar-refractivity contribution in [2.24, 2.45) is 17.1 Å². The van der Waals surface area contributed by atoms with Crippen molar-refractivity contribution in [3.8, 4) is 0 Å². The van der Waals surface area contributed by atoms with Crippen molar-refractivity contribution in [1.82, 2.24) is 15.6 Å². The second-order valence-corrected chi connectivity index (χ2v) is 11.3. The Bertz CT molecular complexity index is 1160. The van der Waals surface area contributed by atoms with Crippen molar-refractivity contribution < 1.29 is 9.59 Å². The molecule has 0 aliphatic rings. The molecule has 0 aliphatic heterocycles. The zero-order valence-electron chi connectivity index (χ0n) is 20.7. The largest absolute Gasteiger partial charge is 0.354 e. The van der Waals surface area contributed by atoms with Crippen molar-refractivity contribution in [2.75, 3.05) is 13.1 Å². The minimum atomic E-state index is -0.709. The third-order valence-electron chi connectivity index (χ3n) is 6.14. The molecule has 1 aromatic heterocycles. The molecule has 3 aromatic rings. The van der Waals surface area contributed by atoms with Gasteiger partial charge in [0.15, 0.2) is 0 Å². The smallest absolute Gasteiger partial charge is 0.253 e. The first kappa shape index (κ1) is 27.1. The predicted molar refractivity (Wildman–Crippen MR) is 150 cm³/mol. The van der Waals surface area contributed by atoms with Crippen molar-refractivity contribution in [2.45, 2.75) is 46.1 Å². The van der Waals surface area contributed by atoms with Crippen LogP contribution < -0.4 is 16.4 Å². The molecule has 4 N–H and O–H groups in total. The highest BCUT2D eigenvalue weighted by atomic mass is 131. The fraction of sp³-hybridized carbons (Fsp3) is 0.393. The van der Waals surface area contributed by atoms with Gasteiger partial charge in [0.2, 0.25) is 5.91 Å². The second kappa shape index (κ2) is 12.4. The van der Waals surface area contributed by atoms with E-state index in [1.807, 2.05) is 24.3 Å². The molecule has 0 radical (unpaired) electrons. The lowest BCUT2D eigenvalue weighted by molar-refractivity contribution is -0.123. The van der Waals surface area contributed by atoms with Crippen molar-refractivity contribution >= 4 is 45.2 Å². The van der Waals surface area contributed by atoms with Crippen LogP contribution in [0.15, 0.2) is 60.9 Å². The van der Waals surface area contributed by atoms with Gasteiger partial charge in [0, 0.05) is 28.9 Å². The molecular formula is C28H35IN4O2. The van der Waals surface area contributed by atoms with E-state index in [2.05, 4.69) is 77.2 Å². The third kappa shape index (κ3) is 8.28. The van der Waals surface area contributed by atoms with Gasteiger partial charge >= 0.3 is 0 Å². The molecule has 0 fully saturated rings. The summed E-state index contributed by atoms with van der Waals surface area (Å²) in [5, 5.41) is 8.28. The van der Waals surface area contributed by atoms with Gasteiger partial charge in [-0.15, -0.1) is 0 Å². The number of nitrogens with two attached hydrogens (primary N) is 1. The lowest BCUT2D eigenvalue weighted by Crippen LogP contribution is -2.50. The molecule has 0 bridgehead atoms. The first-order valence-electron chi connectivity index (χ1n) is 12.0. The van der Waals surface area contributed by atoms with Crippen LogP contribution in [0, 0.1) is 14.9 Å². The summed E-state index contributed by atoms with van der Waals surface area (Å²) in [6.45, 7) is 7.67. The highest BCUT2D eigenvalue weighted by Gasteiger charge is 2.26. The van der Waals surface area contributed by atoms with Crippen LogP contribution in [0.2, 0.25) is 0 Å². The number of pyridine rings is 1. The monoisotopic (exact) mass is 590 g/mol. The van der Waals surface area contributed by atoms with E-state index in [-0.39, 0.29) is 17.2 Å². The number of nitrogens with one attached hydrogen (secondary N) is 2. The fourth-order valence-electron chi connectivity index (χ4n) is 4.44. The van der Waals surface area contributed by atoms with E-state index < -0.39 is 6.04 Å². The standard InChI is InChI=1S/C28H35IN4O2/c1-19(10-11-30)15-28(2,3)18-32-27(35)25(33-26(34)23-14-24(29)17-31-16-23)13-20-8-9-21-6-4-5-7-22(21)12-20/h4-9,12,14,16-17,19,25H,10-11,13,15,18,30H2,1-3H3,(H,32,35)(H,33,34)/i29+4. The zero-order chi connectivity index (χ0) is 25.4. The summed E-state index contributed by atoms with van der Waals surface area (Å²) in [4.78, 5) is 30.4. The molecule has 2 amide bonds. The summed E-state index contributed by atoms with van der Waals surface area (Å²) in [6.07, 6.45) is 5.51. The molecule has 0 saturated carbocycles.